The van der Waals surface area contributed by atoms with Crippen molar-refractivity contribution in [2.24, 2.45) is 0 Å². The molecule has 1 N–H and O–H groups in total. The monoisotopic (exact) mass is 447 g/mol. The first-order chi connectivity index (χ1) is 12.1. The van der Waals surface area contributed by atoms with Crippen molar-refractivity contribution in [1.82, 2.24) is 0 Å². The van der Waals surface area contributed by atoms with Crippen LogP contribution in [0.25, 0.3) is 0 Å². The number of amides is 1. The minimum Gasteiger partial charge on any atom is -0.489 e. The van der Waals surface area contributed by atoms with Gasteiger partial charge in [-0.25, -0.2) is 4.39 Å². The van der Waals surface area contributed by atoms with Gasteiger partial charge in [0.05, 0.1) is 5.69 Å². The van der Waals surface area contributed by atoms with Crippen LogP contribution in [0, 0.1) is 9.39 Å². The Morgan fingerprint density at radius 1 is 1.00 bits per heavy atom. The van der Waals surface area contributed by atoms with Gasteiger partial charge in [0.25, 0.3) is 5.91 Å². The SMILES string of the molecule is O=C(Nc1ccc(I)cc1F)c1cccc(OCc2ccccc2)c1. The van der Waals surface area contributed by atoms with E-state index in [-0.39, 0.29) is 11.6 Å². The Hall–Kier alpha value is -2.41. The molecule has 25 heavy (non-hydrogen) atoms. The van der Waals surface area contributed by atoms with Gasteiger partial charge in [-0.05, 0) is 64.6 Å². The number of carbonyl (C=O) groups excluding carboxylic acids is 1. The number of ether oxygens (including phenoxy) is 1. The molecule has 3 aromatic carbocycles. The molecule has 0 atom stereocenters. The summed E-state index contributed by atoms with van der Waals surface area (Å²) < 4.78 is 20.4. The Morgan fingerprint density at radius 3 is 2.56 bits per heavy atom. The summed E-state index contributed by atoms with van der Waals surface area (Å²) in [5.74, 6) is -0.262. The number of hydrogen-bond acceptors (Lipinski definition) is 2. The van der Waals surface area contributed by atoms with Gasteiger partial charge in [0, 0.05) is 9.13 Å². The van der Waals surface area contributed by atoms with Crippen molar-refractivity contribution >= 4 is 34.2 Å². The summed E-state index contributed by atoms with van der Waals surface area (Å²) in [6, 6.07) is 21.2. The molecule has 1 amide bonds. The topological polar surface area (TPSA) is 38.3 Å². The third-order valence-electron chi connectivity index (χ3n) is 3.52. The minimum absolute atomic E-state index is 0.154. The summed E-state index contributed by atoms with van der Waals surface area (Å²) in [5, 5.41) is 2.58. The molecule has 126 valence electrons. The standard InChI is InChI=1S/C20H15FINO2/c21-18-12-16(22)9-10-19(18)23-20(24)15-7-4-8-17(11-15)25-13-14-5-2-1-3-6-14/h1-12H,13H2,(H,23,24). The molecule has 3 rings (SSSR count). The van der Waals surface area contributed by atoms with E-state index < -0.39 is 5.82 Å². The van der Waals surface area contributed by atoms with Gasteiger partial charge in [-0.1, -0.05) is 36.4 Å². The Morgan fingerprint density at radius 2 is 1.80 bits per heavy atom. The molecule has 0 unspecified atom stereocenters. The second-order valence-electron chi connectivity index (χ2n) is 5.38. The summed E-state index contributed by atoms with van der Waals surface area (Å²) in [7, 11) is 0. The molecule has 0 aliphatic heterocycles. The molecular weight excluding hydrogens is 432 g/mol. The van der Waals surface area contributed by atoms with Crippen LogP contribution in [0.1, 0.15) is 15.9 Å². The van der Waals surface area contributed by atoms with Crippen molar-refractivity contribution in [3.8, 4) is 5.75 Å². The summed E-state index contributed by atoms with van der Waals surface area (Å²) >= 11 is 2.02. The number of benzene rings is 3. The van der Waals surface area contributed by atoms with Gasteiger partial charge in [-0.15, -0.1) is 0 Å². The molecule has 0 spiro atoms. The van der Waals surface area contributed by atoms with Crippen molar-refractivity contribution in [1.29, 1.82) is 0 Å². The molecule has 0 aromatic heterocycles. The van der Waals surface area contributed by atoms with Gasteiger partial charge in [0.15, 0.2) is 0 Å². The van der Waals surface area contributed by atoms with Gasteiger partial charge in [-0.3, -0.25) is 4.79 Å². The van der Waals surface area contributed by atoms with Crippen molar-refractivity contribution < 1.29 is 13.9 Å². The predicted octanol–water partition coefficient (Wildman–Crippen LogP) is 5.26. The Kier molecular flexibility index (Phi) is 5.65. The van der Waals surface area contributed by atoms with E-state index in [2.05, 4.69) is 5.32 Å². The Balaban J connectivity index is 1.69. The fourth-order valence-corrected chi connectivity index (χ4v) is 2.71. The molecule has 3 aromatic rings. The van der Waals surface area contributed by atoms with E-state index in [9.17, 15) is 9.18 Å². The lowest BCUT2D eigenvalue weighted by Crippen LogP contribution is -2.13. The zero-order valence-corrected chi connectivity index (χ0v) is 15.4. The first-order valence-corrected chi connectivity index (χ1v) is 8.73. The molecule has 0 fully saturated rings. The zero-order chi connectivity index (χ0) is 17.6. The molecule has 0 heterocycles. The van der Waals surface area contributed by atoms with E-state index in [0.29, 0.717) is 17.9 Å². The molecule has 0 aliphatic rings. The van der Waals surface area contributed by atoms with Crippen LogP contribution >= 0.6 is 22.6 Å². The Labute approximate surface area is 159 Å². The number of anilines is 1. The molecule has 0 saturated heterocycles. The number of hydrogen-bond donors (Lipinski definition) is 1. The highest BCUT2D eigenvalue weighted by atomic mass is 127. The van der Waals surface area contributed by atoms with Gasteiger partial charge in [-0.2, -0.15) is 0 Å². The minimum atomic E-state index is -0.461. The van der Waals surface area contributed by atoms with E-state index in [1.165, 1.54) is 6.07 Å². The lowest BCUT2D eigenvalue weighted by molar-refractivity contribution is 0.102. The van der Waals surface area contributed by atoms with Crippen LogP contribution in [-0.2, 0) is 6.61 Å². The highest BCUT2D eigenvalue weighted by Gasteiger charge is 2.10. The molecule has 0 aliphatic carbocycles. The second-order valence-corrected chi connectivity index (χ2v) is 6.63. The summed E-state index contributed by atoms with van der Waals surface area (Å²) in [6.07, 6.45) is 0. The highest BCUT2D eigenvalue weighted by molar-refractivity contribution is 14.1. The smallest absolute Gasteiger partial charge is 0.255 e. The lowest BCUT2D eigenvalue weighted by Gasteiger charge is -2.09. The summed E-state index contributed by atoms with van der Waals surface area (Å²) in [5.41, 5.74) is 1.60. The highest BCUT2D eigenvalue weighted by Crippen LogP contribution is 2.20. The largest absolute Gasteiger partial charge is 0.489 e. The van der Waals surface area contributed by atoms with Crippen molar-refractivity contribution in [3.05, 3.63) is 93.3 Å². The van der Waals surface area contributed by atoms with Gasteiger partial charge in [0.2, 0.25) is 0 Å². The molecule has 0 bridgehead atoms. The predicted molar refractivity (Wildman–Crippen MR) is 104 cm³/mol. The van der Waals surface area contributed by atoms with E-state index in [1.807, 2.05) is 52.9 Å². The molecular formula is C20H15FINO2. The van der Waals surface area contributed by atoms with Crippen LogP contribution in [0.5, 0.6) is 5.75 Å². The van der Waals surface area contributed by atoms with Crippen LogP contribution in [0.2, 0.25) is 0 Å². The van der Waals surface area contributed by atoms with Gasteiger partial charge >= 0.3 is 0 Å². The van der Waals surface area contributed by atoms with Crippen LogP contribution < -0.4 is 10.1 Å². The number of nitrogens with one attached hydrogen (secondary N) is 1. The van der Waals surface area contributed by atoms with Crippen molar-refractivity contribution in [2.75, 3.05) is 5.32 Å². The number of halogens is 2. The average Bonchev–Trinajstić information content (AvgIpc) is 2.63. The van der Waals surface area contributed by atoms with E-state index >= 15 is 0 Å². The van der Waals surface area contributed by atoms with E-state index in [4.69, 9.17) is 4.74 Å². The van der Waals surface area contributed by atoms with Crippen LogP contribution in [-0.4, -0.2) is 5.91 Å². The quantitative estimate of drug-likeness (QED) is 0.542. The van der Waals surface area contributed by atoms with Crippen LogP contribution in [0.3, 0.4) is 0 Å². The molecule has 0 radical (unpaired) electrons. The maximum absolute atomic E-state index is 13.9. The van der Waals surface area contributed by atoms with Crippen LogP contribution in [0.15, 0.2) is 72.8 Å². The van der Waals surface area contributed by atoms with Gasteiger partial charge in [0.1, 0.15) is 18.2 Å². The maximum atomic E-state index is 13.9. The van der Waals surface area contributed by atoms with E-state index in [1.54, 1.807) is 36.4 Å². The molecule has 3 nitrogen and oxygen atoms in total. The Bertz CT molecular complexity index is 884. The average molecular weight is 447 g/mol. The fourth-order valence-electron chi connectivity index (χ4n) is 2.25. The zero-order valence-electron chi connectivity index (χ0n) is 13.2. The van der Waals surface area contributed by atoms with Gasteiger partial charge < -0.3 is 10.1 Å². The lowest BCUT2D eigenvalue weighted by atomic mass is 10.2. The van der Waals surface area contributed by atoms with Crippen LogP contribution in [0.4, 0.5) is 10.1 Å². The van der Waals surface area contributed by atoms with E-state index in [0.717, 1.165) is 9.13 Å². The maximum Gasteiger partial charge on any atom is 0.255 e. The first-order valence-electron chi connectivity index (χ1n) is 7.65. The molecule has 0 saturated carbocycles. The fraction of sp³-hybridized carbons (Fsp3) is 0.0500. The molecule has 5 heteroatoms. The normalized spacial score (nSPS) is 10.3. The number of carbonyl (C=O) groups is 1. The summed E-state index contributed by atoms with van der Waals surface area (Å²) in [4.78, 5) is 12.3. The third-order valence-corrected chi connectivity index (χ3v) is 4.19. The third kappa shape index (κ3) is 4.79. The van der Waals surface area contributed by atoms with Crippen molar-refractivity contribution in [3.63, 3.8) is 0 Å². The number of rotatable bonds is 5. The summed E-state index contributed by atoms with van der Waals surface area (Å²) in [6.45, 7) is 0.414. The van der Waals surface area contributed by atoms with Crippen molar-refractivity contribution in [2.45, 2.75) is 6.61 Å². The first kappa shape index (κ1) is 17.4. The second kappa shape index (κ2) is 8.11.